The standard InChI is InChI=1S/C107H182N8O25/c1-107(2,76-95(120)92(108)75-87-77-109-80-113-87)96(121)63-57-85(104(131)132)40-35-37-66-111-98(123)79-140-73-70-137-68-39-44-91(119)78-139-72-71-138-69-67-112-101(128)86(74-90(118)60-61-93(105(133)134)114-102(129)83-53-47-81(48-54-83)51-58-88(116)42-31-27-23-19-15-11-7-3-5-9-13-17-21-25-29-33-45-99(124)125)41-36-38-65-110-97(122)64-62-94(106(135)136)115-103(130)84-55-49-82(50-56-84)52-59-89(117)43-32-28-24-20-16-12-8-4-6-10-14-18-22-26-30-34-46-100(126)127/h77,80-86,92-94H,3-76,78-79,108H2,1-2H3,(H,109,113)(H,110,122)(H,111,123)(H,112,128)(H,114,129)(H,115,130)(H,124,125)(H,126,127)(H,131,132)(H,133,134)(H,135,136)/t81?,82?,83?,84?,85-,86-,92+,93+,94+/m1/s1. The number of aliphatic carboxylic acids is 5. The Morgan fingerprint density at radius 2 is 0.779 bits per heavy atom. The number of nitrogens with one attached hydrogen (secondary N) is 6. The molecule has 0 radical (unpaired) electrons. The Kier molecular flexibility index (Phi) is 72.9. The van der Waals surface area contributed by atoms with Crippen LogP contribution in [0.3, 0.4) is 0 Å². The van der Waals surface area contributed by atoms with E-state index in [4.69, 9.17) is 34.9 Å². The Labute approximate surface area is 834 Å². The van der Waals surface area contributed by atoms with Gasteiger partial charge in [0.05, 0.1) is 51.3 Å². The number of unbranched alkanes of at least 4 members (excludes halogenated alkanes) is 32. The van der Waals surface area contributed by atoms with E-state index in [1.807, 2.05) is 0 Å². The molecule has 2 aliphatic rings. The SMILES string of the molecule is CC(C)(CC(=O)[C@@H](N)Cc1cnc[nH]1)C(=O)CC[C@@H](CCCCNC(=O)COCCOCCCC(=O)COCCOCCNC(=O)[C@H](CCCCNC(=O)CC[C@H](NC(=O)C1CCC(CCC(=O)CCCCCCCCCCCCCCCCCCC(=O)O)CC1)C(=O)O)CC(=O)CC[C@H](NC(=O)C1CCC(CCC(=O)CCCCCCCCCCCCCCCCCCC(=O)O)CC1)C(=O)O)C(=O)O. The number of H-pyrrole nitrogens is 1. The van der Waals surface area contributed by atoms with E-state index in [9.17, 15) is 92.0 Å². The minimum Gasteiger partial charge on any atom is -0.481 e. The second-order valence-corrected chi connectivity index (χ2v) is 40.4. The molecule has 800 valence electrons. The summed E-state index contributed by atoms with van der Waals surface area (Å²) in [6, 6.07) is -3.45. The van der Waals surface area contributed by atoms with Gasteiger partial charge in [-0.05, 0) is 153 Å². The number of nitrogens with zero attached hydrogens (tertiary/aromatic N) is 1. The third kappa shape index (κ3) is 67.3. The molecule has 1 aromatic rings. The molecule has 2 fully saturated rings. The molecule has 0 saturated heterocycles. The van der Waals surface area contributed by atoms with Crippen LogP contribution in [-0.2, 0) is 102 Å². The van der Waals surface area contributed by atoms with Gasteiger partial charge in [-0.1, -0.05) is 206 Å². The first kappa shape index (κ1) is 126. The first-order chi connectivity index (χ1) is 67.4. The number of Topliss-reactive ketones (excluding diaryl/α,β-unsaturated/α-hetero) is 6. The highest BCUT2D eigenvalue weighted by Crippen LogP contribution is 2.35. The molecule has 33 nitrogen and oxygen atoms in total. The number of ketones is 6. The molecule has 1 aromatic heterocycles. The fraction of sp³-hybridized carbons (Fsp3) is 0.822. The van der Waals surface area contributed by atoms with Gasteiger partial charge in [0.15, 0.2) is 11.6 Å². The van der Waals surface area contributed by atoms with Crippen LogP contribution >= 0.6 is 0 Å². The van der Waals surface area contributed by atoms with Crippen LogP contribution in [0.25, 0.3) is 0 Å². The summed E-state index contributed by atoms with van der Waals surface area (Å²) in [6.45, 7) is 4.26. The first-order valence-corrected chi connectivity index (χ1v) is 54.1. The summed E-state index contributed by atoms with van der Waals surface area (Å²) in [5.74, 6) is -9.30. The maximum atomic E-state index is 13.8. The Morgan fingerprint density at radius 3 is 1.21 bits per heavy atom. The van der Waals surface area contributed by atoms with Gasteiger partial charge in [0.2, 0.25) is 29.5 Å². The lowest BCUT2D eigenvalue weighted by molar-refractivity contribution is -0.143. The van der Waals surface area contributed by atoms with Crippen molar-refractivity contribution in [1.82, 2.24) is 36.6 Å². The number of hydrogen-bond donors (Lipinski definition) is 12. The zero-order valence-electron chi connectivity index (χ0n) is 85.5. The van der Waals surface area contributed by atoms with Gasteiger partial charge in [0.1, 0.15) is 48.4 Å². The minimum absolute atomic E-state index is 0.00467. The largest absolute Gasteiger partial charge is 0.481 e. The van der Waals surface area contributed by atoms with Crippen LogP contribution < -0.4 is 32.3 Å². The van der Waals surface area contributed by atoms with Crippen LogP contribution in [-0.4, -0.2) is 220 Å². The van der Waals surface area contributed by atoms with Crippen LogP contribution in [0.15, 0.2) is 12.5 Å². The summed E-state index contributed by atoms with van der Waals surface area (Å²) in [6.07, 6.45) is 51.6. The minimum atomic E-state index is -1.35. The number of aromatic nitrogens is 2. The van der Waals surface area contributed by atoms with Gasteiger partial charge in [-0.25, -0.2) is 14.6 Å². The molecule has 0 bridgehead atoms. The fourth-order valence-electron chi connectivity index (χ4n) is 18.6. The van der Waals surface area contributed by atoms with E-state index in [1.54, 1.807) is 20.0 Å². The van der Waals surface area contributed by atoms with E-state index in [0.29, 0.717) is 114 Å². The van der Waals surface area contributed by atoms with Crippen LogP contribution in [0.5, 0.6) is 0 Å². The number of amides is 5. The number of hydrogen-bond acceptors (Lipinski definition) is 22. The molecule has 3 rings (SSSR count). The Hall–Kier alpha value is -8.27. The topological polar surface area (TPSA) is 526 Å². The Morgan fingerprint density at radius 1 is 0.379 bits per heavy atom. The number of imidazole rings is 1. The fourth-order valence-corrected chi connectivity index (χ4v) is 18.6. The van der Waals surface area contributed by atoms with Crippen molar-refractivity contribution in [2.24, 2.45) is 46.7 Å². The van der Waals surface area contributed by atoms with E-state index in [-0.39, 0.29) is 196 Å². The molecule has 33 heteroatoms. The number of aromatic amines is 1. The molecule has 140 heavy (non-hydrogen) atoms. The maximum absolute atomic E-state index is 13.8. The molecule has 2 saturated carbocycles. The average molecular weight is 1980 g/mol. The Bertz CT molecular complexity index is 3640. The summed E-state index contributed by atoms with van der Waals surface area (Å²) in [5.41, 5.74) is 5.77. The highest BCUT2D eigenvalue weighted by molar-refractivity contribution is 5.93. The molecular formula is C107H182N8O25. The quantitative estimate of drug-likeness (QED) is 0.0270. The van der Waals surface area contributed by atoms with Crippen molar-refractivity contribution >= 4 is 94.1 Å². The van der Waals surface area contributed by atoms with Gasteiger partial charge < -0.3 is 81.8 Å². The van der Waals surface area contributed by atoms with Gasteiger partial charge >= 0.3 is 29.8 Å². The Balaban J connectivity index is 1.35. The van der Waals surface area contributed by atoms with Crippen molar-refractivity contribution in [1.29, 1.82) is 0 Å². The van der Waals surface area contributed by atoms with Gasteiger partial charge in [-0.2, -0.15) is 0 Å². The average Bonchev–Trinajstić information content (AvgIpc) is 1.13. The third-order valence-electron chi connectivity index (χ3n) is 27.7. The summed E-state index contributed by atoms with van der Waals surface area (Å²) in [5, 5.41) is 61.3. The number of carboxylic acid groups (broad SMARTS) is 5. The second kappa shape index (κ2) is 81.1. The summed E-state index contributed by atoms with van der Waals surface area (Å²) in [4.78, 5) is 209. The monoisotopic (exact) mass is 1980 g/mol. The first-order valence-electron chi connectivity index (χ1n) is 54.1. The van der Waals surface area contributed by atoms with Crippen molar-refractivity contribution < 1.29 is 121 Å². The molecule has 2 aliphatic carbocycles. The van der Waals surface area contributed by atoms with Crippen molar-refractivity contribution in [3.8, 4) is 0 Å². The number of ether oxygens (including phenoxy) is 4. The van der Waals surface area contributed by atoms with E-state index >= 15 is 0 Å². The highest BCUT2D eigenvalue weighted by atomic mass is 16.5. The lowest BCUT2D eigenvalue weighted by Gasteiger charge is -2.28. The predicted molar refractivity (Wildman–Crippen MR) is 535 cm³/mol. The van der Waals surface area contributed by atoms with Crippen molar-refractivity contribution in [3.05, 3.63) is 18.2 Å². The molecular weight excluding hydrogens is 1800 g/mol. The van der Waals surface area contributed by atoms with Crippen molar-refractivity contribution in [3.63, 3.8) is 0 Å². The lowest BCUT2D eigenvalue weighted by Crippen LogP contribution is -2.45. The zero-order valence-corrected chi connectivity index (χ0v) is 85.5. The molecule has 13 N–H and O–H groups in total. The number of nitrogens with two attached hydrogens (primary N) is 1. The number of rotatable bonds is 96. The van der Waals surface area contributed by atoms with E-state index in [1.165, 1.54) is 135 Å². The predicted octanol–water partition coefficient (Wildman–Crippen LogP) is 17.2. The molecule has 0 aromatic carbocycles. The van der Waals surface area contributed by atoms with E-state index in [2.05, 4.69) is 36.6 Å². The van der Waals surface area contributed by atoms with Crippen LogP contribution in [0.2, 0.25) is 0 Å². The summed E-state index contributed by atoms with van der Waals surface area (Å²) in [7, 11) is 0. The lowest BCUT2D eigenvalue weighted by atomic mass is 9.78. The molecule has 0 unspecified atom stereocenters. The summed E-state index contributed by atoms with van der Waals surface area (Å²) < 4.78 is 22.1. The molecule has 5 amide bonds. The molecule has 1 heterocycles. The van der Waals surface area contributed by atoms with Crippen LogP contribution in [0.4, 0.5) is 0 Å². The van der Waals surface area contributed by atoms with Crippen LogP contribution in [0, 0.1) is 40.9 Å². The zero-order chi connectivity index (χ0) is 102. The van der Waals surface area contributed by atoms with Gasteiger partial charge in [0, 0.05) is 145 Å². The number of carbonyl (C=O) groups is 16. The van der Waals surface area contributed by atoms with Crippen molar-refractivity contribution in [2.45, 2.75) is 449 Å². The number of carboxylic acids is 5. The van der Waals surface area contributed by atoms with Gasteiger partial charge in [-0.3, -0.25) is 67.1 Å². The van der Waals surface area contributed by atoms with E-state index in [0.717, 1.165) is 116 Å². The van der Waals surface area contributed by atoms with Crippen molar-refractivity contribution in [2.75, 3.05) is 72.5 Å². The molecule has 5 atom stereocenters. The molecule has 0 aliphatic heterocycles. The smallest absolute Gasteiger partial charge is 0.326 e. The van der Waals surface area contributed by atoms with E-state index < -0.39 is 94.6 Å². The summed E-state index contributed by atoms with van der Waals surface area (Å²) >= 11 is 0. The number of carbonyl (C=O) groups excluding carboxylic acids is 11. The third-order valence-corrected chi connectivity index (χ3v) is 27.7. The van der Waals surface area contributed by atoms with Crippen LogP contribution in [0.1, 0.15) is 430 Å². The van der Waals surface area contributed by atoms with Gasteiger partial charge in [-0.15, -0.1) is 0 Å². The maximum Gasteiger partial charge on any atom is 0.326 e. The molecule has 0 spiro atoms. The second-order valence-electron chi connectivity index (χ2n) is 40.4. The highest BCUT2D eigenvalue weighted by Gasteiger charge is 2.36. The normalized spacial score (nSPS) is 16.0. The van der Waals surface area contributed by atoms with Gasteiger partial charge in [0.25, 0.3) is 0 Å².